The van der Waals surface area contributed by atoms with Gasteiger partial charge in [-0.25, -0.2) is 8.78 Å². The second-order valence-corrected chi connectivity index (χ2v) is 6.46. The molecule has 0 aromatic heterocycles. The number of rotatable bonds is 4. The van der Waals surface area contributed by atoms with E-state index in [-0.39, 0.29) is 23.5 Å². The molecule has 1 heterocycles. The molecule has 0 spiro atoms. The van der Waals surface area contributed by atoms with Gasteiger partial charge in [-0.2, -0.15) is 0 Å². The van der Waals surface area contributed by atoms with Crippen LogP contribution in [0.2, 0.25) is 0 Å². The smallest absolute Gasteiger partial charge is 0.191 e. The molecule has 2 aromatic carbocycles. The van der Waals surface area contributed by atoms with E-state index in [0.717, 1.165) is 31.1 Å². The molecule has 2 aromatic rings. The number of phenols is 1. The second kappa shape index (κ2) is 7.29. The summed E-state index contributed by atoms with van der Waals surface area (Å²) in [6, 6.07) is 8.26. The first-order chi connectivity index (χ1) is 12.4. The summed E-state index contributed by atoms with van der Waals surface area (Å²) < 4.78 is 33.3. The summed E-state index contributed by atoms with van der Waals surface area (Å²) in [6.45, 7) is 5.63. The van der Waals surface area contributed by atoms with E-state index >= 15 is 0 Å². The topological polar surface area (TPSA) is 68.6 Å². The fourth-order valence-corrected chi connectivity index (χ4v) is 3.16. The number of aromatic hydroxyl groups is 1. The van der Waals surface area contributed by atoms with Crippen molar-refractivity contribution in [2.24, 2.45) is 0 Å². The third-order valence-electron chi connectivity index (χ3n) is 4.30. The molecule has 0 unspecified atom stereocenters. The Kier molecular flexibility index (Phi) is 5.08. The molecule has 3 rings (SSSR count). The van der Waals surface area contributed by atoms with E-state index in [2.05, 4.69) is 10.2 Å². The van der Waals surface area contributed by atoms with Gasteiger partial charge in [-0.05, 0) is 44.2 Å². The summed E-state index contributed by atoms with van der Waals surface area (Å²) >= 11 is 0. The molecule has 5 nitrogen and oxygen atoms in total. The van der Waals surface area contributed by atoms with Gasteiger partial charge < -0.3 is 25.5 Å². The van der Waals surface area contributed by atoms with Crippen LogP contribution in [0.15, 0.2) is 30.3 Å². The summed E-state index contributed by atoms with van der Waals surface area (Å²) in [5.41, 5.74) is 1.46. The van der Waals surface area contributed by atoms with Gasteiger partial charge in [0.2, 0.25) is 0 Å². The average Bonchev–Trinajstić information content (AvgIpc) is 2.61. The predicted molar refractivity (Wildman–Crippen MR) is 97.9 cm³/mol. The maximum absolute atomic E-state index is 14.2. The number of hydrogen-bond donors (Lipinski definition) is 3. The van der Waals surface area contributed by atoms with Gasteiger partial charge in [0.25, 0.3) is 0 Å². The Balaban J connectivity index is 1.82. The van der Waals surface area contributed by atoms with Crippen LogP contribution < -0.4 is 10.2 Å². The Labute approximate surface area is 150 Å². The quantitative estimate of drug-likeness (QED) is 0.720. The Bertz CT molecular complexity index is 801. The molecule has 1 fully saturated rings. The number of anilines is 3. The van der Waals surface area contributed by atoms with Gasteiger partial charge in [0.1, 0.15) is 0 Å². The van der Waals surface area contributed by atoms with Crippen molar-refractivity contribution in [1.29, 1.82) is 5.41 Å². The number of ether oxygens (including phenoxy) is 1. The van der Waals surface area contributed by atoms with Crippen LogP contribution in [0.25, 0.3) is 0 Å². The standard InChI is InChI=1S/C19H21F2N3O2/c1-11-9-24(10-12(2)26-11)15-5-3-14(4-6-15)23-18-13(8-22)7-16(20)19(25)17(18)21/h3-8,11-12,22-23,25H,9-10H2,1-2H3/t11-,12+. The first kappa shape index (κ1) is 18.1. The molecule has 0 radical (unpaired) electrons. The zero-order chi connectivity index (χ0) is 18.8. The van der Waals surface area contributed by atoms with E-state index < -0.39 is 17.4 Å². The molecule has 138 valence electrons. The number of phenolic OH excluding ortho intramolecular Hbond substituents is 1. The van der Waals surface area contributed by atoms with Gasteiger partial charge in [-0.3, -0.25) is 0 Å². The summed E-state index contributed by atoms with van der Waals surface area (Å²) in [7, 11) is 0. The molecule has 1 saturated heterocycles. The molecule has 0 saturated carbocycles. The van der Waals surface area contributed by atoms with Crippen molar-refractivity contribution >= 4 is 23.3 Å². The van der Waals surface area contributed by atoms with Crippen molar-refractivity contribution in [1.82, 2.24) is 0 Å². The molecule has 26 heavy (non-hydrogen) atoms. The average molecular weight is 361 g/mol. The van der Waals surface area contributed by atoms with Crippen LogP contribution in [0.4, 0.5) is 25.8 Å². The summed E-state index contributed by atoms with van der Waals surface area (Å²) in [4.78, 5) is 2.22. The zero-order valence-corrected chi connectivity index (χ0v) is 14.6. The highest BCUT2D eigenvalue weighted by Gasteiger charge is 2.22. The summed E-state index contributed by atoms with van der Waals surface area (Å²) in [5.74, 6) is -3.29. The van der Waals surface area contributed by atoms with Crippen molar-refractivity contribution < 1.29 is 18.6 Å². The van der Waals surface area contributed by atoms with Crippen molar-refractivity contribution in [2.45, 2.75) is 26.1 Å². The summed E-state index contributed by atoms with van der Waals surface area (Å²) in [6.07, 6.45) is 1.12. The molecule has 1 aliphatic heterocycles. The van der Waals surface area contributed by atoms with Crippen LogP contribution >= 0.6 is 0 Å². The molecule has 1 aliphatic rings. The van der Waals surface area contributed by atoms with Crippen LogP contribution in [0, 0.1) is 17.0 Å². The third-order valence-corrected chi connectivity index (χ3v) is 4.30. The van der Waals surface area contributed by atoms with Crippen LogP contribution in [0.3, 0.4) is 0 Å². The van der Waals surface area contributed by atoms with Crippen LogP contribution in [0.5, 0.6) is 5.75 Å². The lowest BCUT2D eigenvalue weighted by molar-refractivity contribution is -0.00521. The Hall–Kier alpha value is -2.67. The fraction of sp³-hybridized carbons (Fsp3) is 0.316. The second-order valence-electron chi connectivity index (χ2n) is 6.46. The molecule has 0 aliphatic carbocycles. The van der Waals surface area contributed by atoms with Crippen molar-refractivity contribution in [3.63, 3.8) is 0 Å². The molecular weight excluding hydrogens is 340 g/mol. The Morgan fingerprint density at radius 1 is 1.19 bits per heavy atom. The van der Waals surface area contributed by atoms with E-state index in [9.17, 15) is 13.9 Å². The van der Waals surface area contributed by atoms with E-state index in [0.29, 0.717) is 5.69 Å². The van der Waals surface area contributed by atoms with Crippen molar-refractivity contribution in [2.75, 3.05) is 23.3 Å². The van der Waals surface area contributed by atoms with E-state index in [1.807, 2.05) is 26.0 Å². The van der Waals surface area contributed by atoms with Gasteiger partial charge in [-0.1, -0.05) is 0 Å². The molecule has 2 atom stereocenters. The molecular formula is C19H21F2N3O2. The minimum Gasteiger partial charge on any atom is -0.503 e. The monoisotopic (exact) mass is 361 g/mol. The third kappa shape index (κ3) is 3.62. The summed E-state index contributed by atoms with van der Waals surface area (Å²) in [5, 5.41) is 19.6. The normalized spacial score (nSPS) is 20.1. The van der Waals surface area contributed by atoms with Gasteiger partial charge in [0.05, 0.1) is 17.9 Å². The highest BCUT2D eigenvalue weighted by molar-refractivity contribution is 5.88. The molecule has 7 heteroatoms. The Morgan fingerprint density at radius 2 is 1.81 bits per heavy atom. The van der Waals surface area contributed by atoms with E-state index in [1.54, 1.807) is 12.1 Å². The highest BCUT2D eigenvalue weighted by Crippen LogP contribution is 2.32. The molecule has 0 bridgehead atoms. The molecule has 3 N–H and O–H groups in total. The lowest BCUT2D eigenvalue weighted by Gasteiger charge is -2.36. The number of nitrogens with one attached hydrogen (secondary N) is 2. The first-order valence-corrected chi connectivity index (χ1v) is 8.38. The first-order valence-electron chi connectivity index (χ1n) is 8.38. The lowest BCUT2D eigenvalue weighted by atomic mass is 10.1. The SMILES string of the molecule is C[C@@H]1CN(c2ccc(Nc3c(C=N)cc(F)c(O)c3F)cc2)C[C@H](C)O1. The number of nitrogens with zero attached hydrogens (tertiary/aromatic N) is 1. The van der Waals surface area contributed by atoms with Gasteiger partial charge in [0, 0.05) is 36.2 Å². The number of benzene rings is 2. The largest absolute Gasteiger partial charge is 0.503 e. The minimum atomic E-state index is -1.12. The maximum atomic E-state index is 14.2. The van der Waals surface area contributed by atoms with Crippen molar-refractivity contribution in [3.8, 4) is 5.75 Å². The lowest BCUT2D eigenvalue weighted by Crippen LogP contribution is -2.45. The van der Waals surface area contributed by atoms with Crippen molar-refractivity contribution in [3.05, 3.63) is 47.5 Å². The van der Waals surface area contributed by atoms with Gasteiger partial charge in [-0.15, -0.1) is 0 Å². The number of morpholine rings is 1. The number of hydrogen-bond acceptors (Lipinski definition) is 5. The van der Waals surface area contributed by atoms with Crippen LogP contribution in [0.1, 0.15) is 19.4 Å². The van der Waals surface area contributed by atoms with Gasteiger partial charge in [0.15, 0.2) is 17.4 Å². The van der Waals surface area contributed by atoms with Crippen LogP contribution in [-0.2, 0) is 4.74 Å². The van der Waals surface area contributed by atoms with Gasteiger partial charge >= 0.3 is 0 Å². The van der Waals surface area contributed by atoms with Crippen LogP contribution in [-0.4, -0.2) is 36.6 Å². The van der Waals surface area contributed by atoms with E-state index in [1.165, 1.54) is 0 Å². The van der Waals surface area contributed by atoms with E-state index in [4.69, 9.17) is 10.1 Å². The minimum absolute atomic E-state index is 0.0118. The zero-order valence-electron chi connectivity index (χ0n) is 14.6. The predicted octanol–water partition coefficient (Wildman–Crippen LogP) is 4.03. The fourth-order valence-electron chi connectivity index (χ4n) is 3.16. The Morgan fingerprint density at radius 3 is 2.38 bits per heavy atom. The molecule has 0 amide bonds. The highest BCUT2D eigenvalue weighted by atomic mass is 19.1. The number of halogens is 2. The maximum Gasteiger partial charge on any atom is 0.191 e.